The van der Waals surface area contributed by atoms with E-state index in [4.69, 9.17) is 4.74 Å². The molecule has 1 saturated heterocycles. The zero-order valence-corrected chi connectivity index (χ0v) is 8.95. The lowest BCUT2D eigenvalue weighted by molar-refractivity contribution is -0.128. The molecule has 3 nitrogen and oxygen atoms in total. The molecule has 1 saturated carbocycles. The average Bonchev–Trinajstić information content (AvgIpc) is 2.16. The van der Waals surface area contributed by atoms with Gasteiger partial charge >= 0.3 is 0 Å². The summed E-state index contributed by atoms with van der Waals surface area (Å²) >= 11 is 0. The molecule has 0 spiro atoms. The van der Waals surface area contributed by atoms with Crippen LogP contribution in [0, 0.1) is 5.92 Å². The molecule has 3 heteroatoms. The van der Waals surface area contributed by atoms with Crippen molar-refractivity contribution in [1.82, 2.24) is 5.32 Å². The van der Waals surface area contributed by atoms with Gasteiger partial charge in [0, 0.05) is 31.5 Å². The number of carbonyl (C=O) groups excluding carboxylic acids is 1. The number of ketones is 1. The summed E-state index contributed by atoms with van der Waals surface area (Å²) in [5, 5.41) is 3.51. The van der Waals surface area contributed by atoms with E-state index < -0.39 is 0 Å². The summed E-state index contributed by atoms with van der Waals surface area (Å²) in [6, 6.07) is 0.712. The number of ether oxygens (including phenoxy) is 1. The maximum atomic E-state index is 11.8. The second-order valence-electron chi connectivity index (χ2n) is 4.62. The highest BCUT2D eigenvalue weighted by atomic mass is 16.5. The largest absolute Gasteiger partial charge is 0.381 e. The molecule has 0 amide bonds. The number of fused-ring (bicyclic) bond motifs is 1. The molecule has 4 atom stereocenters. The maximum absolute atomic E-state index is 11.8. The van der Waals surface area contributed by atoms with Crippen LogP contribution in [0.2, 0.25) is 0 Å². The highest BCUT2D eigenvalue weighted by molar-refractivity contribution is 5.83. The van der Waals surface area contributed by atoms with E-state index in [9.17, 15) is 4.79 Å². The molecule has 0 bridgehead atoms. The molecule has 2 fully saturated rings. The zero-order valence-electron chi connectivity index (χ0n) is 8.95. The van der Waals surface area contributed by atoms with E-state index in [-0.39, 0.29) is 5.92 Å². The summed E-state index contributed by atoms with van der Waals surface area (Å²) in [5.74, 6) is 0.716. The summed E-state index contributed by atoms with van der Waals surface area (Å²) in [6.07, 6.45) is 4.10. The Morgan fingerprint density at radius 3 is 2.93 bits per heavy atom. The number of Topliss-reactive ketones (excluding diaryl/α,β-unsaturated/α-hetero) is 1. The lowest BCUT2D eigenvalue weighted by atomic mass is 9.76. The fourth-order valence-electron chi connectivity index (χ4n) is 2.79. The van der Waals surface area contributed by atoms with Gasteiger partial charge in [-0.3, -0.25) is 4.79 Å². The standard InChI is InChI=1S/C11H19NO2/c1-7-5-11(13)9-4-3-8(14-2)6-10(9)12-7/h7-10,12H,3-6H2,1-2H3. The van der Waals surface area contributed by atoms with Crippen molar-refractivity contribution in [1.29, 1.82) is 0 Å². The van der Waals surface area contributed by atoms with Crippen molar-refractivity contribution in [3.05, 3.63) is 0 Å². The SMILES string of the molecule is COC1CCC2C(=O)CC(C)NC2C1. The van der Waals surface area contributed by atoms with Crippen LogP contribution in [0.3, 0.4) is 0 Å². The van der Waals surface area contributed by atoms with Crippen molar-refractivity contribution in [2.24, 2.45) is 5.92 Å². The molecule has 4 unspecified atom stereocenters. The first-order valence-electron chi connectivity index (χ1n) is 5.52. The normalized spacial score (nSPS) is 43.4. The fourth-order valence-corrected chi connectivity index (χ4v) is 2.79. The molecule has 1 heterocycles. The van der Waals surface area contributed by atoms with Gasteiger partial charge in [0.2, 0.25) is 0 Å². The number of methoxy groups -OCH3 is 1. The molecular formula is C11H19NO2. The Morgan fingerprint density at radius 2 is 2.21 bits per heavy atom. The summed E-state index contributed by atoms with van der Waals surface area (Å²) in [7, 11) is 1.76. The Hall–Kier alpha value is -0.410. The molecule has 80 valence electrons. The van der Waals surface area contributed by atoms with Crippen LogP contribution in [0.1, 0.15) is 32.6 Å². The lowest BCUT2D eigenvalue weighted by Crippen LogP contribution is -2.54. The molecule has 0 radical (unpaired) electrons. The molecule has 0 aromatic carbocycles. The van der Waals surface area contributed by atoms with Crippen LogP contribution >= 0.6 is 0 Å². The summed E-state index contributed by atoms with van der Waals surface area (Å²) < 4.78 is 5.36. The van der Waals surface area contributed by atoms with Crippen molar-refractivity contribution in [2.75, 3.05) is 7.11 Å². The van der Waals surface area contributed by atoms with Gasteiger partial charge in [-0.05, 0) is 26.2 Å². The van der Waals surface area contributed by atoms with Crippen LogP contribution < -0.4 is 5.32 Å². The van der Waals surface area contributed by atoms with Gasteiger partial charge in [0.25, 0.3) is 0 Å². The first kappa shape index (κ1) is 10.1. The third kappa shape index (κ3) is 1.84. The monoisotopic (exact) mass is 197 g/mol. The predicted octanol–water partition coefficient (Wildman–Crippen LogP) is 1.12. The van der Waals surface area contributed by atoms with E-state index in [1.807, 2.05) is 0 Å². The van der Waals surface area contributed by atoms with Crippen LogP contribution in [0.25, 0.3) is 0 Å². The van der Waals surface area contributed by atoms with E-state index in [0.717, 1.165) is 19.3 Å². The Morgan fingerprint density at radius 1 is 1.43 bits per heavy atom. The van der Waals surface area contributed by atoms with Gasteiger partial charge in [0.1, 0.15) is 5.78 Å². The molecule has 2 aliphatic rings. The number of hydrogen-bond acceptors (Lipinski definition) is 3. The van der Waals surface area contributed by atoms with Gasteiger partial charge in [-0.15, -0.1) is 0 Å². The number of nitrogens with one attached hydrogen (secondary N) is 1. The minimum absolute atomic E-state index is 0.262. The van der Waals surface area contributed by atoms with E-state index >= 15 is 0 Å². The second-order valence-corrected chi connectivity index (χ2v) is 4.62. The molecule has 0 aromatic rings. The fraction of sp³-hybridized carbons (Fsp3) is 0.909. The second kappa shape index (κ2) is 3.99. The molecule has 0 aromatic heterocycles. The van der Waals surface area contributed by atoms with Gasteiger partial charge in [0.15, 0.2) is 0 Å². The van der Waals surface area contributed by atoms with Crippen molar-refractivity contribution < 1.29 is 9.53 Å². The zero-order chi connectivity index (χ0) is 10.1. The Labute approximate surface area is 85.2 Å². The summed E-state index contributed by atoms with van der Waals surface area (Å²) in [5.41, 5.74) is 0. The first-order valence-corrected chi connectivity index (χ1v) is 5.52. The van der Waals surface area contributed by atoms with Crippen molar-refractivity contribution in [3.63, 3.8) is 0 Å². The Bertz CT molecular complexity index is 229. The van der Waals surface area contributed by atoms with E-state index in [1.165, 1.54) is 0 Å². The minimum atomic E-state index is 0.262. The summed E-state index contributed by atoms with van der Waals surface area (Å²) in [6.45, 7) is 2.09. The predicted molar refractivity (Wildman–Crippen MR) is 54.1 cm³/mol. The van der Waals surface area contributed by atoms with Gasteiger partial charge in [-0.2, -0.15) is 0 Å². The molecule has 14 heavy (non-hydrogen) atoms. The van der Waals surface area contributed by atoms with Gasteiger partial charge in [0.05, 0.1) is 6.10 Å². The number of piperidine rings is 1. The quantitative estimate of drug-likeness (QED) is 0.684. The van der Waals surface area contributed by atoms with Crippen molar-refractivity contribution in [3.8, 4) is 0 Å². The topological polar surface area (TPSA) is 38.3 Å². The van der Waals surface area contributed by atoms with E-state index in [2.05, 4.69) is 12.2 Å². The smallest absolute Gasteiger partial charge is 0.139 e. The van der Waals surface area contributed by atoms with Crippen molar-refractivity contribution in [2.45, 2.75) is 50.8 Å². The third-order valence-corrected chi connectivity index (χ3v) is 3.56. The van der Waals surface area contributed by atoms with Gasteiger partial charge < -0.3 is 10.1 Å². The first-order chi connectivity index (χ1) is 6.70. The minimum Gasteiger partial charge on any atom is -0.381 e. The highest BCUT2D eigenvalue weighted by Crippen LogP contribution is 2.31. The van der Waals surface area contributed by atoms with Crippen LogP contribution in [0.4, 0.5) is 0 Å². The van der Waals surface area contributed by atoms with Crippen LogP contribution in [-0.4, -0.2) is 31.1 Å². The van der Waals surface area contributed by atoms with E-state index in [0.29, 0.717) is 30.4 Å². The highest BCUT2D eigenvalue weighted by Gasteiger charge is 2.38. The molecule has 2 rings (SSSR count). The van der Waals surface area contributed by atoms with Gasteiger partial charge in [-0.25, -0.2) is 0 Å². The Kier molecular flexibility index (Phi) is 2.88. The van der Waals surface area contributed by atoms with Gasteiger partial charge in [-0.1, -0.05) is 0 Å². The van der Waals surface area contributed by atoms with Crippen molar-refractivity contribution >= 4 is 5.78 Å². The Balaban J connectivity index is 2.02. The van der Waals surface area contributed by atoms with Crippen LogP contribution in [-0.2, 0) is 9.53 Å². The third-order valence-electron chi connectivity index (χ3n) is 3.56. The molecular weight excluding hydrogens is 178 g/mol. The molecule has 1 N–H and O–H groups in total. The number of carbonyl (C=O) groups is 1. The molecule has 1 aliphatic carbocycles. The lowest BCUT2D eigenvalue weighted by Gasteiger charge is -2.40. The average molecular weight is 197 g/mol. The van der Waals surface area contributed by atoms with E-state index in [1.54, 1.807) is 7.11 Å². The summed E-state index contributed by atoms with van der Waals surface area (Å²) in [4.78, 5) is 11.8. The number of rotatable bonds is 1. The van der Waals surface area contributed by atoms with Crippen LogP contribution in [0.15, 0.2) is 0 Å². The maximum Gasteiger partial charge on any atom is 0.139 e. The van der Waals surface area contributed by atoms with Crippen LogP contribution in [0.5, 0.6) is 0 Å². The molecule has 1 aliphatic heterocycles. The number of hydrogen-bond donors (Lipinski definition) is 1.